The summed E-state index contributed by atoms with van der Waals surface area (Å²) in [6.45, 7) is 0. The molecule has 2 N–H and O–H groups in total. The van der Waals surface area contributed by atoms with E-state index in [0.29, 0.717) is 5.02 Å². The zero-order chi connectivity index (χ0) is 14.8. The van der Waals surface area contributed by atoms with Gasteiger partial charge >= 0.3 is 0 Å². The summed E-state index contributed by atoms with van der Waals surface area (Å²) in [6, 6.07) is 13.1. The lowest BCUT2D eigenvalue weighted by molar-refractivity contribution is 0.475. The lowest BCUT2D eigenvalue weighted by atomic mass is 10.2. The molecule has 0 amide bonds. The van der Waals surface area contributed by atoms with Gasteiger partial charge in [0.05, 0.1) is 10.5 Å². The smallest absolute Gasteiger partial charge is 0.134 e. The van der Waals surface area contributed by atoms with Crippen LogP contribution in [-0.4, -0.2) is 16.3 Å². The number of fused-ring (bicyclic) bond motifs is 1. The van der Waals surface area contributed by atoms with Gasteiger partial charge < -0.3 is 10.4 Å². The Balaban J connectivity index is 2.05. The van der Waals surface area contributed by atoms with Crippen LogP contribution in [0, 0.1) is 0 Å². The number of rotatable bonds is 3. The van der Waals surface area contributed by atoms with Crippen LogP contribution in [0.2, 0.25) is 5.02 Å². The average Bonchev–Trinajstić information content (AvgIpc) is 2.51. The van der Waals surface area contributed by atoms with Gasteiger partial charge in [0.25, 0.3) is 0 Å². The number of phenols is 1. The zero-order valence-electron chi connectivity index (χ0n) is 11.3. The molecule has 0 fully saturated rings. The van der Waals surface area contributed by atoms with E-state index in [0.717, 1.165) is 22.3 Å². The van der Waals surface area contributed by atoms with Gasteiger partial charge in [-0.05, 0) is 48.7 Å². The van der Waals surface area contributed by atoms with E-state index in [1.54, 1.807) is 36.2 Å². The molecular weight excluding hydrogens is 304 g/mol. The van der Waals surface area contributed by atoms with Gasteiger partial charge in [0.15, 0.2) is 0 Å². The van der Waals surface area contributed by atoms with Gasteiger partial charge in [0.1, 0.15) is 5.75 Å². The van der Waals surface area contributed by atoms with Crippen LogP contribution in [0.3, 0.4) is 0 Å². The van der Waals surface area contributed by atoms with Crippen molar-refractivity contribution >= 4 is 45.6 Å². The van der Waals surface area contributed by atoms with Gasteiger partial charge in [0, 0.05) is 27.9 Å². The van der Waals surface area contributed by atoms with Crippen molar-refractivity contribution in [2.45, 2.75) is 4.90 Å². The molecule has 0 spiro atoms. The van der Waals surface area contributed by atoms with E-state index < -0.39 is 0 Å². The van der Waals surface area contributed by atoms with Crippen LogP contribution in [0.1, 0.15) is 0 Å². The number of nitrogens with one attached hydrogen (secondary N) is 1. The Hall–Kier alpha value is -1.91. The van der Waals surface area contributed by atoms with E-state index in [1.165, 1.54) is 4.90 Å². The first kappa shape index (κ1) is 14.0. The van der Waals surface area contributed by atoms with Crippen LogP contribution >= 0.6 is 23.4 Å². The predicted molar refractivity (Wildman–Crippen MR) is 89.9 cm³/mol. The number of benzene rings is 2. The molecule has 0 saturated heterocycles. The van der Waals surface area contributed by atoms with Crippen molar-refractivity contribution in [2.75, 3.05) is 11.6 Å². The Labute approximate surface area is 132 Å². The van der Waals surface area contributed by atoms with E-state index in [1.807, 2.05) is 18.4 Å². The first-order valence-electron chi connectivity index (χ1n) is 6.35. The van der Waals surface area contributed by atoms with Crippen molar-refractivity contribution in [3.63, 3.8) is 0 Å². The van der Waals surface area contributed by atoms with Crippen molar-refractivity contribution in [2.24, 2.45) is 0 Å². The highest BCUT2D eigenvalue weighted by molar-refractivity contribution is 7.98. The van der Waals surface area contributed by atoms with Crippen LogP contribution in [-0.2, 0) is 0 Å². The molecule has 106 valence electrons. The quantitative estimate of drug-likeness (QED) is 0.523. The third-order valence-corrected chi connectivity index (χ3v) is 4.20. The maximum Gasteiger partial charge on any atom is 0.134 e. The molecule has 0 radical (unpaired) electrons. The summed E-state index contributed by atoms with van der Waals surface area (Å²) in [5, 5.41) is 14.2. The average molecular weight is 317 g/mol. The highest BCUT2D eigenvalue weighted by Gasteiger charge is 2.05. The molecule has 0 unspecified atom stereocenters. The van der Waals surface area contributed by atoms with E-state index in [-0.39, 0.29) is 5.75 Å². The molecule has 3 rings (SSSR count). The van der Waals surface area contributed by atoms with Crippen LogP contribution in [0.15, 0.2) is 53.6 Å². The van der Waals surface area contributed by atoms with Gasteiger partial charge in [-0.3, -0.25) is 4.98 Å². The fourth-order valence-electron chi connectivity index (χ4n) is 2.10. The highest BCUT2D eigenvalue weighted by Crippen LogP contribution is 2.31. The lowest BCUT2D eigenvalue weighted by Gasteiger charge is -2.11. The molecule has 0 aliphatic heterocycles. The molecular formula is C16H13ClN2OS. The summed E-state index contributed by atoms with van der Waals surface area (Å²) in [6.07, 6.45) is 3.82. The molecule has 2 aromatic carbocycles. The van der Waals surface area contributed by atoms with E-state index in [4.69, 9.17) is 11.6 Å². The number of pyridine rings is 1. The largest absolute Gasteiger partial charge is 0.506 e. The van der Waals surface area contributed by atoms with Gasteiger partial charge in [-0.2, -0.15) is 0 Å². The second kappa shape index (κ2) is 5.84. The first-order chi connectivity index (χ1) is 10.2. The number of phenolic OH excluding ortho intramolecular Hbond substituents is 1. The van der Waals surface area contributed by atoms with E-state index >= 15 is 0 Å². The van der Waals surface area contributed by atoms with Gasteiger partial charge in [-0.15, -0.1) is 11.8 Å². The number of aromatic hydroxyl groups is 1. The Morgan fingerprint density at radius 1 is 1.14 bits per heavy atom. The molecule has 3 nitrogen and oxygen atoms in total. The monoisotopic (exact) mass is 316 g/mol. The maximum atomic E-state index is 9.48. The normalized spacial score (nSPS) is 10.8. The van der Waals surface area contributed by atoms with Crippen LogP contribution in [0.25, 0.3) is 10.9 Å². The second-order valence-electron chi connectivity index (χ2n) is 4.53. The summed E-state index contributed by atoms with van der Waals surface area (Å²) < 4.78 is 0. The molecule has 21 heavy (non-hydrogen) atoms. The number of thioether (sulfide) groups is 1. The fraction of sp³-hybridized carbons (Fsp3) is 0.0625. The number of nitrogens with zero attached hydrogens (tertiary/aromatic N) is 1. The SMILES string of the molecule is CSc1ccc2nccc(Nc3ccc(O)c(Cl)c3)c2c1. The number of anilines is 2. The molecule has 0 atom stereocenters. The van der Waals surface area contributed by atoms with Crippen LogP contribution in [0.5, 0.6) is 5.75 Å². The molecule has 1 heterocycles. The number of hydrogen-bond donors (Lipinski definition) is 2. The summed E-state index contributed by atoms with van der Waals surface area (Å²) in [5.41, 5.74) is 2.71. The topological polar surface area (TPSA) is 45.2 Å². The first-order valence-corrected chi connectivity index (χ1v) is 7.96. The number of halogens is 1. The third kappa shape index (κ3) is 2.91. The van der Waals surface area contributed by atoms with Crippen molar-refractivity contribution in [3.05, 3.63) is 53.7 Å². The lowest BCUT2D eigenvalue weighted by Crippen LogP contribution is -1.93. The second-order valence-corrected chi connectivity index (χ2v) is 5.82. The fourth-order valence-corrected chi connectivity index (χ4v) is 2.72. The Morgan fingerprint density at radius 2 is 2.00 bits per heavy atom. The summed E-state index contributed by atoms with van der Waals surface area (Å²) >= 11 is 7.63. The standard InChI is InChI=1S/C16H13ClN2OS/c1-21-11-3-4-14-12(9-11)15(6-7-18-14)19-10-2-5-16(20)13(17)8-10/h2-9,20H,1H3,(H,18,19). The minimum Gasteiger partial charge on any atom is -0.506 e. The summed E-state index contributed by atoms with van der Waals surface area (Å²) in [5.74, 6) is 0.0754. The molecule has 1 aromatic heterocycles. The van der Waals surface area contributed by atoms with E-state index in [9.17, 15) is 5.11 Å². The Bertz CT molecular complexity index is 807. The molecule has 0 aliphatic rings. The molecule has 0 bridgehead atoms. The van der Waals surface area contributed by atoms with Crippen molar-refractivity contribution < 1.29 is 5.11 Å². The Morgan fingerprint density at radius 3 is 2.76 bits per heavy atom. The van der Waals surface area contributed by atoms with E-state index in [2.05, 4.69) is 22.4 Å². The van der Waals surface area contributed by atoms with Crippen LogP contribution < -0.4 is 5.32 Å². The van der Waals surface area contributed by atoms with Gasteiger partial charge in [-0.1, -0.05) is 11.6 Å². The molecule has 0 aliphatic carbocycles. The minimum atomic E-state index is 0.0754. The third-order valence-electron chi connectivity index (χ3n) is 3.18. The van der Waals surface area contributed by atoms with Crippen LogP contribution in [0.4, 0.5) is 11.4 Å². The predicted octanol–water partition coefficient (Wildman–Crippen LogP) is 5.06. The summed E-state index contributed by atoms with van der Waals surface area (Å²) in [4.78, 5) is 5.56. The number of hydrogen-bond acceptors (Lipinski definition) is 4. The zero-order valence-corrected chi connectivity index (χ0v) is 12.9. The Kier molecular flexibility index (Phi) is 3.90. The minimum absolute atomic E-state index is 0.0754. The van der Waals surface area contributed by atoms with Gasteiger partial charge in [0.2, 0.25) is 0 Å². The summed E-state index contributed by atoms with van der Waals surface area (Å²) in [7, 11) is 0. The maximum absolute atomic E-state index is 9.48. The highest BCUT2D eigenvalue weighted by atomic mass is 35.5. The molecule has 0 saturated carbocycles. The van der Waals surface area contributed by atoms with Gasteiger partial charge in [-0.25, -0.2) is 0 Å². The van der Waals surface area contributed by atoms with Crippen molar-refractivity contribution in [1.82, 2.24) is 4.98 Å². The van der Waals surface area contributed by atoms with Crippen molar-refractivity contribution in [1.29, 1.82) is 0 Å². The number of aromatic nitrogens is 1. The van der Waals surface area contributed by atoms with Crippen molar-refractivity contribution in [3.8, 4) is 5.75 Å². The molecule has 3 aromatic rings. The molecule has 5 heteroatoms.